The molecule has 1 aliphatic heterocycles. The predicted octanol–water partition coefficient (Wildman–Crippen LogP) is 4.26. The van der Waals surface area contributed by atoms with E-state index in [2.05, 4.69) is 5.32 Å². The summed E-state index contributed by atoms with van der Waals surface area (Å²) >= 11 is 0. The molecule has 0 bridgehead atoms. The van der Waals surface area contributed by atoms with Crippen molar-refractivity contribution in [3.05, 3.63) is 12.2 Å². The van der Waals surface area contributed by atoms with Crippen molar-refractivity contribution < 1.29 is 14.4 Å². The van der Waals surface area contributed by atoms with Crippen LogP contribution in [0.2, 0.25) is 0 Å². The third-order valence-electron chi connectivity index (χ3n) is 5.66. The van der Waals surface area contributed by atoms with E-state index in [1.807, 2.05) is 0 Å². The zero-order valence-corrected chi connectivity index (χ0v) is 16.7. The first-order valence-electron chi connectivity index (χ1n) is 11.0. The summed E-state index contributed by atoms with van der Waals surface area (Å²) in [7, 11) is 0. The summed E-state index contributed by atoms with van der Waals surface area (Å²) < 4.78 is 0. The monoisotopic (exact) mass is 376 g/mol. The quantitative estimate of drug-likeness (QED) is 0.533. The first-order chi connectivity index (χ1) is 13.2. The van der Waals surface area contributed by atoms with Gasteiger partial charge in [-0.3, -0.25) is 19.3 Å². The highest BCUT2D eigenvalue weighted by atomic mass is 16.2. The van der Waals surface area contributed by atoms with Crippen molar-refractivity contribution in [3.63, 3.8) is 0 Å². The topological polar surface area (TPSA) is 66.5 Å². The van der Waals surface area contributed by atoms with Crippen LogP contribution < -0.4 is 5.32 Å². The Balaban J connectivity index is 1.58. The SMILES string of the molecule is O=C(CCCCCN1C(=O)C=CC1=O)NC1CCCCCCCCCCC1. The maximum absolute atomic E-state index is 12.3. The minimum Gasteiger partial charge on any atom is -0.353 e. The molecule has 2 aliphatic rings. The first-order valence-corrected chi connectivity index (χ1v) is 11.0. The van der Waals surface area contributed by atoms with Gasteiger partial charge in [0.05, 0.1) is 0 Å². The fourth-order valence-electron chi connectivity index (χ4n) is 3.99. The fourth-order valence-corrected chi connectivity index (χ4v) is 3.99. The van der Waals surface area contributed by atoms with Crippen LogP contribution in [-0.4, -0.2) is 35.2 Å². The van der Waals surface area contributed by atoms with Gasteiger partial charge in [0.25, 0.3) is 11.8 Å². The number of amides is 3. The van der Waals surface area contributed by atoms with E-state index in [0.717, 1.165) is 32.1 Å². The van der Waals surface area contributed by atoms with Crippen LogP contribution in [0.15, 0.2) is 12.2 Å². The summed E-state index contributed by atoms with van der Waals surface area (Å²) in [5.74, 6) is -0.289. The van der Waals surface area contributed by atoms with Crippen molar-refractivity contribution in [3.8, 4) is 0 Å². The molecule has 1 aliphatic carbocycles. The summed E-state index contributed by atoms with van der Waals surface area (Å²) in [4.78, 5) is 36.5. The Labute approximate surface area is 163 Å². The lowest BCUT2D eigenvalue weighted by Crippen LogP contribution is -2.34. The molecule has 1 fully saturated rings. The number of hydrogen-bond donors (Lipinski definition) is 1. The Morgan fingerprint density at radius 2 is 1.33 bits per heavy atom. The molecule has 0 radical (unpaired) electrons. The average Bonchev–Trinajstić information content (AvgIpc) is 2.95. The first kappa shape index (κ1) is 21.6. The second kappa shape index (κ2) is 12.7. The zero-order chi connectivity index (χ0) is 19.3. The second-order valence-corrected chi connectivity index (χ2v) is 8.00. The smallest absolute Gasteiger partial charge is 0.253 e. The van der Waals surface area contributed by atoms with Gasteiger partial charge in [-0.25, -0.2) is 0 Å². The molecule has 0 atom stereocenters. The minimum absolute atomic E-state index is 0.155. The number of rotatable bonds is 7. The van der Waals surface area contributed by atoms with Crippen LogP contribution >= 0.6 is 0 Å². The molecule has 3 amide bonds. The molecule has 1 heterocycles. The maximum atomic E-state index is 12.3. The lowest BCUT2D eigenvalue weighted by Gasteiger charge is -2.19. The number of carbonyl (C=O) groups is 3. The summed E-state index contributed by atoms with van der Waals surface area (Å²) in [5, 5.41) is 3.25. The van der Waals surface area contributed by atoms with Gasteiger partial charge in [-0.1, -0.05) is 64.2 Å². The van der Waals surface area contributed by atoms with Gasteiger partial charge in [0.2, 0.25) is 5.91 Å². The summed E-state index contributed by atoms with van der Waals surface area (Å²) in [5.41, 5.74) is 0. The van der Waals surface area contributed by atoms with Gasteiger partial charge in [-0.15, -0.1) is 0 Å². The van der Waals surface area contributed by atoms with Crippen LogP contribution in [-0.2, 0) is 14.4 Å². The van der Waals surface area contributed by atoms with E-state index in [4.69, 9.17) is 0 Å². The van der Waals surface area contributed by atoms with Gasteiger partial charge in [0.1, 0.15) is 0 Å². The van der Waals surface area contributed by atoms with E-state index in [9.17, 15) is 14.4 Å². The molecule has 0 saturated heterocycles. The standard InChI is InChI=1S/C22H36N2O3/c25-20(15-11-8-12-18-24-21(26)16-17-22(24)27)23-19-13-9-6-4-2-1-3-5-7-10-14-19/h16-17,19H,1-15,18H2,(H,23,25). The third kappa shape index (κ3) is 8.72. The van der Waals surface area contributed by atoms with Crippen molar-refractivity contribution in [1.29, 1.82) is 0 Å². The predicted molar refractivity (Wildman–Crippen MR) is 107 cm³/mol. The van der Waals surface area contributed by atoms with E-state index in [-0.39, 0.29) is 17.7 Å². The number of hydrogen-bond acceptors (Lipinski definition) is 3. The van der Waals surface area contributed by atoms with Crippen LogP contribution in [0.5, 0.6) is 0 Å². The van der Waals surface area contributed by atoms with Gasteiger partial charge >= 0.3 is 0 Å². The Morgan fingerprint density at radius 3 is 1.89 bits per heavy atom. The molecule has 5 heteroatoms. The van der Waals surface area contributed by atoms with Crippen molar-refractivity contribution in [2.45, 2.75) is 102 Å². The van der Waals surface area contributed by atoms with Crippen molar-refractivity contribution >= 4 is 17.7 Å². The number of unbranched alkanes of at least 4 members (excludes halogenated alkanes) is 2. The molecule has 1 saturated carbocycles. The Hall–Kier alpha value is -1.65. The van der Waals surface area contributed by atoms with E-state index in [1.54, 1.807) is 0 Å². The Kier molecular flexibility index (Phi) is 10.2. The highest BCUT2D eigenvalue weighted by molar-refractivity contribution is 6.12. The second-order valence-electron chi connectivity index (χ2n) is 8.00. The highest BCUT2D eigenvalue weighted by Gasteiger charge is 2.22. The Morgan fingerprint density at radius 1 is 0.815 bits per heavy atom. The van der Waals surface area contributed by atoms with Gasteiger partial charge in [0, 0.05) is 31.2 Å². The number of nitrogens with one attached hydrogen (secondary N) is 1. The van der Waals surface area contributed by atoms with Crippen LogP contribution in [0, 0.1) is 0 Å². The van der Waals surface area contributed by atoms with E-state index < -0.39 is 0 Å². The van der Waals surface area contributed by atoms with Gasteiger partial charge < -0.3 is 5.32 Å². The minimum atomic E-state index is -0.222. The summed E-state index contributed by atoms with van der Waals surface area (Å²) in [6, 6.07) is 0.336. The number of carbonyl (C=O) groups excluding carboxylic acids is 3. The molecule has 0 aromatic rings. The third-order valence-corrected chi connectivity index (χ3v) is 5.66. The lowest BCUT2D eigenvalue weighted by molar-refractivity contribution is -0.137. The summed E-state index contributed by atoms with van der Waals surface area (Å²) in [6.07, 6.45) is 19.6. The number of imide groups is 1. The molecule has 152 valence electrons. The van der Waals surface area contributed by atoms with Crippen LogP contribution in [0.25, 0.3) is 0 Å². The van der Waals surface area contributed by atoms with Crippen molar-refractivity contribution in [1.82, 2.24) is 10.2 Å². The molecule has 5 nitrogen and oxygen atoms in total. The molecule has 0 aromatic heterocycles. The van der Waals surface area contributed by atoms with Crippen LogP contribution in [0.3, 0.4) is 0 Å². The van der Waals surface area contributed by atoms with Crippen LogP contribution in [0.1, 0.15) is 96.3 Å². The normalized spacial score (nSPS) is 20.4. The fraction of sp³-hybridized carbons (Fsp3) is 0.773. The molecule has 0 aromatic carbocycles. The van der Waals surface area contributed by atoms with Crippen LogP contribution in [0.4, 0.5) is 0 Å². The molecule has 27 heavy (non-hydrogen) atoms. The molecule has 1 N–H and O–H groups in total. The highest BCUT2D eigenvalue weighted by Crippen LogP contribution is 2.17. The molecular weight excluding hydrogens is 340 g/mol. The largest absolute Gasteiger partial charge is 0.353 e. The number of nitrogens with zero attached hydrogens (tertiary/aromatic N) is 1. The molecular formula is C22H36N2O3. The molecule has 0 unspecified atom stereocenters. The van der Waals surface area contributed by atoms with Gasteiger partial charge in [-0.2, -0.15) is 0 Å². The Bertz CT molecular complexity index is 486. The van der Waals surface area contributed by atoms with Gasteiger partial charge in [0.15, 0.2) is 0 Å². The molecule has 0 spiro atoms. The maximum Gasteiger partial charge on any atom is 0.253 e. The summed E-state index contributed by atoms with van der Waals surface area (Å²) in [6.45, 7) is 0.453. The average molecular weight is 377 g/mol. The van der Waals surface area contributed by atoms with E-state index >= 15 is 0 Å². The molecule has 2 rings (SSSR count). The van der Waals surface area contributed by atoms with E-state index in [1.165, 1.54) is 74.8 Å². The van der Waals surface area contributed by atoms with Crippen molar-refractivity contribution in [2.75, 3.05) is 6.54 Å². The zero-order valence-electron chi connectivity index (χ0n) is 16.7. The van der Waals surface area contributed by atoms with E-state index in [0.29, 0.717) is 19.0 Å². The van der Waals surface area contributed by atoms with Gasteiger partial charge in [-0.05, 0) is 25.7 Å². The lowest BCUT2D eigenvalue weighted by atomic mass is 9.98. The van der Waals surface area contributed by atoms with Crippen molar-refractivity contribution in [2.24, 2.45) is 0 Å².